The number of piperazine rings is 1. The fraction of sp³-hybridized carbons (Fsp3) is 0.600. The van der Waals surface area contributed by atoms with Gasteiger partial charge in [0.1, 0.15) is 12.3 Å². The molecule has 92 valence electrons. The second kappa shape index (κ2) is 4.52. The van der Waals surface area contributed by atoms with Gasteiger partial charge < -0.3 is 9.80 Å². The van der Waals surface area contributed by atoms with Crippen LogP contribution < -0.4 is 5.43 Å². The molecular weight excluding hydrogens is 224 g/mol. The second-order valence-electron chi connectivity index (χ2n) is 4.14. The number of nitrogens with one attached hydrogen (secondary N) is 1. The van der Waals surface area contributed by atoms with Crippen molar-refractivity contribution in [2.45, 2.75) is 12.8 Å². The van der Waals surface area contributed by atoms with E-state index >= 15 is 0 Å². The maximum atomic E-state index is 12.0. The first-order chi connectivity index (χ1) is 8.08. The van der Waals surface area contributed by atoms with Crippen LogP contribution >= 0.6 is 0 Å². The summed E-state index contributed by atoms with van der Waals surface area (Å²) in [7, 11) is 1.71. The van der Waals surface area contributed by atoms with Gasteiger partial charge in [-0.3, -0.25) is 14.4 Å². The Labute approximate surface area is 98.4 Å². The standard InChI is InChI=1S/C10H14N4O3/c1-13-4-5-14(6-9(13)16)10(17)7-2-3-8(15)12-11-7/h2-6H2,1H3,(H,12,15). The third-order valence-electron chi connectivity index (χ3n) is 2.90. The zero-order valence-electron chi connectivity index (χ0n) is 9.60. The molecule has 0 radical (unpaired) electrons. The topological polar surface area (TPSA) is 82.1 Å². The quantitative estimate of drug-likeness (QED) is 0.607. The lowest BCUT2D eigenvalue weighted by molar-refractivity contribution is -0.141. The van der Waals surface area contributed by atoms with E-state index in [4.69, 9.17) is 0 Å². The molecule has 0 atom stereocenters. The van der Waals surface area contributed by atoms with E-state index in [-0.39, 0.29) is 30.7 Å². The molecule has 0 saturated carbocycles. The number of hydrazone groups is 1. The lowest BCUT2D eigenvalue weighted by atomic mass is 10.1. The van der Waals surface area contributed by atoms with Gasteiger partial charge in [-0.15, -0.1) is 0 Å². The maximum absolute atomic E-state index is 12.0. The van der Waals surface area contributed by atoms with Crippen LogP contribution in [0.3, 0.4) is 0 Å². The molecule has 17 heavy (non-hydrogen) atoms. The highest BCUT2D eigenvalue weighted by Gasteiger charge is 2.28. The maximum Gasteiger partial charge on any atom is 0.270 e. The Balaban J connectivity index is 2.01. The summed E-state index contributed by atoms with van der Waals surface area (Å²) in [6.45, 7) is 1.13. The van der Waals surface area contributed by atoms with E-state index in [2.05, 4.69) is 10.5 Å². The number of carbonyl (C=O) groups is 3. The van der Waals surface area contributed by atoms with Crippen LogP contribution in [0.15, 0.2) is 5.10 Å². The number of rotatable bonds is 1. The molecule has 7 heteroatoms. The molecule has 0 aromatic carbocycles. The van der Waals surface area contributed by atoms with Crippen LogP contribution in [0, 0.1) is 0 Å². The summed E-state index contributed by atoms with van der Waals surface area (Å²) in [6, 6.07) is 0. The average Bonchev–Trinajstić information content (AvgIpc) is 2.33. The molecule has 0 spiro atoms. The van der Waals surface area contributed by atoms with E-state index in [9.17, 15) is 14.4 Å². The van der Waals surface area contributed by atoms with E-state index in [0.717, 1.165) is 0 Å². The van der Waals surface area contributed by atoms with Gasteiger partial charge in [0, 0.05) is 33.0 Å². The van der Waals surface area contributed by atoms with Crippen LogP contribution in [-0.4, -0.2) is 59.9 Å². The molecule has 2 heterocycles. The highest BCUT2D eigenvalue weighted by Crippen LogP contribution is 2.07. The van der Waals surface area contributed by atoms with E-state index in [1.54, 1.807) is 11.9 Å². The van der Waals surface area contributed by atoms with E-state index in [0.29, 0.717) is 25.2 Å². The van der Waals surface area contributed by atoms with Crippen molar-refractivity contribution in [2.75, 3.05) is 26.7 Å². The largest absolute Gasteiger partial charge is 0.342 e. The molecule has 2 aliphatic heterocycles. The normalized spacial score (nSPS) is 21.1. The van der Waals surface area contributed by atoms with Crippen molar-refractivity contribution >= 4 is 23.4 Å². The molecule has 1 saturated heterocycles. The third-order valence-corrected chi connectivity index (χ3v) is 2.90. The van der Waals surface area contributed by atoms with Crippen LogP contribution in [0.25, 0.3) is 0 Å². The van der Waals surface area contributed by atoms with Crippen LogP contribution in [-0.2, 0) is 14.4 Å². The molecule has 0 aromatic rings. The van der Waals surface area contributed by atoms with Crippen molar-refractivity contribution in [3.05, 3.63) is 0 Å². The van der Waals surface area contributed by atoms with Gasteiger partial charge in [-0.05, 0) is 0 Å². The van der Waals surface area contributed by atoms with Gasteiger partial charge in [-0.2, -0.15) is 5.10 Å². The lowest BCUT2D eigenvalue weighted by Gasteiger charge is -2.32. The highest BCUT2D eigenvalue weighted by atomic mass is 16.2. The number of amides is 3. The monoisotopic (exact) mass is 238 g/mol. The molecule has 2 aliphatic rings. The number of likely N-dealkylation sites (N-methyl/N-ethyl adjacent to an activating group) is 1. The Kier molecular flexibility index (Phi) is 3.08. The SMILES string of the molecule is CN1CCN(C(=O)C2=NNC(=O)CC2)CC1=O. The van der Waals surface area contributed by atoms with Crippen LogP contribution in [0.1, 0.15) is 12.8 Å². The molecule has 0 bridgehead atoms. The molecule has 1 N–H and O–H groups in total. The minimum Gasteiger partial charge on any atom is -0.342 e. The predicted octanol–water partition coefficient (Wildman–Crippen LogP) is -1.45. The van der Waals surface area contributed by atoms with Crippen LogP contribution in [0.5, 0.6) is 0 Å². The summed E-state index contributed by atoms with van der Waals surface area (Å²) in [6.07, 6.45) is 0.609. The van der Waals surface area contributed by atoms with Gasteiger partial charge in [0.15, 0.2) is 0 Å². The first-order valence-electron chi connectivity index (χ1n) is 5.46. The Hall–Kier alpha value is -1.92. The summed E-state index contributed by atoms with van der Waals surface area (Å²) in [5.74, 6) is -0.521. The number of nitrogens with zero attached hydrogens (tertiary/aromatic N) is 3. The van der Waals surface area contributed by atoms with Gasteiger partial charge in [-0.1, -0.05) is 0 Å². The smallest absolute Gasteiger partial charge is 0.270 e. The van der Waals surface area contributed by atoms with E-state index < -0.39 is 0 Å². The Morgan fingerprint density at radius 2 is 2.06 bits per heavy atom. The van der Waals surface area contributed by atoms with E-state index in [1.165, 1.54) is 4.90 Å². The Morgan fingerprint density at radius 1 is 1.29 bits per heavy atom. The van der Waals surface area contributed by atoms with Crippen LogP contribution in [0.4, 0.5) is 0 Å². The Bertz CT molecular complexity index is 404. The minimum absolute atomic E-state index is 0.0787. The number of carbonyl (C=O) groups excluding carboxylic acids is 3. The molecule has 1 fully saturated rings. The van der Waals surface area contributed by atoms with Gasteiger partial charge in [-0.25, -0.2) is 5.43 Å². The fourth-order valence-electron chi connectivity index (χ4n) is 1.74. The molecule has 3 amide bonds. The van der Waals surface area contributed by atoms with Crippen LogP contribution in [0.2, 0.25) is 0 Å². The highest BCUT2D eigenvalue weighted by molar-refractivity contribution is 6.39. The predicted molar refractivity (Wildman–Crippen MR) is 59.0 cm³/mol. The summed E-state index contributed by atoms with van der Waals surface area (Å²) < 4.78 is 0. The van der Waals surface area contributed by atoms with Crippen molar-refractivity contribution in [3.8, 4) is 0 Å². The Morgan fingerprint density at radius 3 is 2.65 bits per heavy atom. The van der Waals surface area contributed by atoms with Crippen molar-refractivity contribution < 1.29 is 14.4 Å². The van der Waals surface area contributed by atoms with E-state index in [1.807, 2.05) is 0 Å². The van der Waals surface area contributed by atoms with Crippen molar-refractivity contribution in [3.63, 3.8) is 0 Å². The first-order valence-corrected chi connectivity index (χ1v) is 5.46. The molecule has 0 unspecified atom stereocenters. The number of hydrogen-bond donors (Lipinski definition) is 1. The summed E-state index contributed by atoms with van der Waals surface area (Å²) >= 11 is 0. The molecule has 7 nitrogen and oxygen atoms in total. The number of hydrogen-bond acceptors (Lipinski definition) is 4. The summed E-state index contributed by atoms with van der Waals surface area (Å²) in [5.41, 5.74) is 2.60. The van der Waals surface area contributed by atoms with Crippen molar-refractivity contribution in [1.29, 1.82) is 0 Å². The van der Waals surface area contributed by atoms with Gasteiger partial charge >= 0.3 is 0 Å². The minimum atomic E-state index is -0.258. The molecule has 0 aliphatic carbocycles. The van der Waals surface area contributed by atoms with Crippen molar-refractivity contribution in [2.24, 2.45) is 5.10 Å². The van der Waals surface area contributed by atoms with Gasteiger partial charge in [0.05, 0.1) is 0 Å². The fourth-order valence-corrected chi connectivity index (χ4v) is 1.74. The third kappa shape index (κ3) is 2.43. The van der Waals surface area contributed by atoms with Gasteiger partial charge in [0.2, 0.25) is 11.8 Å². The molecular formula is C10H14N4O3. The second-order valence-corrected chi connectivity index (χ2v) is 4.14. The van der Waals surface area contributed by atoms with Gasteiger partial charge in [0.25, 0.3) is 5.91 Å². The summed E-state index contributed by atoms with van der Waals surface area (Å²) in [5, 5.41) is 3.73. The lowest BCUT2D eigenvalue weighted by Crippen LogP contribution is -2.53. The average molecular weight is 238 g/mol. The zero-order chi connectivity index (χ0) is 12.4. The zero-order valence-corrected chi connectivity index (χ0v) is 9.60. The van der Waals surface area contributed by atoms with Crippen molar-refractivity contribution in [1.82, 2.24) is 15.2 Å². The molecule has 2 rings (SSSR count). The summed E-state index contributed by atoms with van der Waals surface area (Å²) in [4.78, 5) is 37.4. The first kappa shape index (κ1) is 11.6. The molecule has 0 aromatic heterocycles.